The van der Waals surface area contributed by atoms with E-state index in [1.54, 1.807) is 62.7 Å². The molecule has 3 aromatic carbocycles. The molecule has 1 heterocycles. The minimum absolute atomic E-state index is 0.109. The molecule has 0 aromatic heterocycles. The largest absolute Gasteiger partial charge is 0.417 e. The van der Waals surface area contributed by atoms with Gasteiger partial charge in [-0.2, -0.15) is 13.2 Å². The van der Waals surface area contributed by atoms with E-state index in [-0.39, 0.29) is 17.2 Å². The number of carbonyl (C=O) groups excluding carboxylic acids is 1. The van der Waals surface area contributed by atoms with Gasteiger partial charge in [0.2, 0.25) is 0 Å². The van der Waals surface area contributed by atoms with Gasteiger partial charge < -0.3 is 15.4 Å². The number of halogens is 3. The third kappa shape index (κ3) is 4.90. The number of fused-ring (bicyclic) bond motifs is 1. The Kier molecular flexibility index (Phi) is 6.20. The zero-order chi connectivity index (χ0) is 23.6. The first-order chi connectivity index (χ1) is 15.8. The molecule has 170 valence electrons. The molecule has 1 aliphatic rings. The number of hydrogen-bond donors (Lipinski definition) is 2. The van der Waals surface area contributed by atoms with Crippen LogP contribution < -0.4 is 10.6 Å². The van der Waals surface area contributed by atoms with Crippen LogP contribution in [0.1, 0.15) is 27.0 Å². The third-order valence-electron chi connectivity index (χ3n) is 5.33. The summed E-state index contributed by atoms with van der Waals surface area (Å²) in [6.07, 6.45) is -4.18. The Labute approximate surface area is 189 Å². The van der Waals surface area contributed by atoms with Crippen molar-refractivity contribution in [3.8, 4) is 11.1 Å². The highest BCUT2D eigenvalue weighted by atomic mass is 19.4. The predicted octanol–water partition coefficient (Wildman–Crippen LogP) is 5.58. The molecule has 0 bridgehead atoms. The van der Waals surface area contributed by atoms with Crippen molar-refractivity contribution in [1.82, 2.24) is 5.32 Å². The molecule has 33 heavy (non-hydrogen) atoms. The first-order valence-corrected chi connectivity index (χ1v) is 10.3. The van der Waals surface area contributed by atoms with Gasteiger partial charge in [0.15, 0.2) is 0 Å². The minimum Gasteiger partial charge on any atom is -0.380 e. The lowest BCUT2D eigenvalue weighted by molar-refractivity contribution is -0.137. The SMILES string of the molecule is CNC(=O)c1cccc(NC2=Nc3cc(C(F)(F)F)c(-c4cccc(COC)c4)cc3C2)c1. The summed E-state index contributed by atoms with van der Waals surface area (Å²) in [4.78, 5) is 16.2. The number of ether oxygens (including phenoxy) is 1. The summed E-state index contributed by atoms with van der Waals surface area (Å²) in [6.45, 7) is 0.312. The summed E-state index contributed by atoms with van der Waals surface area (Å²) in [5.74, 6) is 0.280. The van der Waals surface area contributed by atoms with Gasteiger partial charge >= 0.3 is 6.18 Å². The maximum Gasteiger partial charge on any atom is 0.417 e. The second-order valence-corrected chi connectivity index (χ2v) is 7.68. The third-order valence-corrected chi connectivity index (χ3v) is 5.33. The maximum atomic E-state index is 13.9. The Hall–Kier alpha value is -3.65. The zero-order valence-electron chi connectivity index (χ0n) is 18.1. The van der Waals surface area contributed by atoms with Crippen molar-refractivity contribution in [2.75, 3.05) is 19.5 Å². The summed E-state index contributed by atoms with van der Waals surface area (Å²) in [5.41, 5.74) is 2.71. The van der Waals surface area contributed by atoms with E-state index in [0.717, 1.165) is 11.6 Å². The fraction of sp³-hybridized carbons (Fsp3) is 0.200. The lowest BCUT2D eigenvalue weighted by atomic mass is 9.94. The van der Waals surface area contributed by atoms with Crippen LogP contribution in [0.5, 0.6) is 0 Å². The van der Waals surface area contributed by atoms with E-state index in [9.17, 15) is 18.0 Å². The van der Waals surface area contributed by atoms with Crippen molar-refractivity contribution in [1.29, 1.82) is 0 Å². The summed E-state index contributed by atoms with van der Waals surface area (Å²) < 4.78 is 46.9. The predicted molar refractivity (Wildman–Crippen MR) is 122 cm³/mol. The van der Waals surface area contributed by atoms with Gasteiger partial charge in [-0.15, -0.1) is 0 Å². The highest BCUT2D eigenvalue weighted by molar-refractivity contribution is 6.03. The summed E-state index contributed by atoms with van der Waals surface area (Å²) in [7, 11) is 3.08. The fourth-order valence-electron chi connectivity index (χ4n) is 3.83. The average Bonchev–Trinajstić information content (AvgIpc) is 3.19. The number of nitrogens with one attached hydrogen (secondary N) is 2. The molecule has 0 saturated heterocycles. The fourth-order valence-corrected chi connectivity index (χ4v) is 3.83. The number of nitrogens with zero attached hydrogens (tertiary/aromatic N) is 1. The van der Waals surface area contributed by atoms with E-state index in [1.807, 2.05) is 6.07 Å². The lowest BCUT2D eigenvalue weighted by Crippen LogP contribution is -2.18. The molecular weight excluding hydrogens is 431 g/mol. The first kappa shape index (κ1) is 22.5. The lowest BCUT2D eigenvalue weighted by Gasteiger charge is -2.15. The van der Waals surface area contributed by atoms with Crippen molar-refractivity contribution < 1.29 is 22.7 Å². The number of carbonyl (C=O) groups is 1. The maximum absolute atomic E-state index is 13.9. The Morgan fingerprint density at radius 2 is 1.88 bits per heavy atom. The molecule has 0 spiro atoms. The molecule has 0 radical (unpaired) electrons. The Balaban J connectivity index is 1.67. The molecular formula is C25H22F3N3O2. The monoisotopic (exact) mass is 453 g/mol. The van der Waals surface area contributed by atoms with Gasteiger partial charge in [-0.3, -0.25) is 4.79 Å². The Morgan fingerprint density at radius 1 is 1.09 bits per heavy atom. The number of hydrogen-bond acceptors (Lipinski definition) is 4. The van der Waals surface area contributed by atoms with Crippen LogP contribution in [0.3, 0.4) is 0 Å². The van der Waals surface area contributed by atoms with Crippen LogP contribution >= 0.6 is 0 Å². The van der Waals surface area contributed by atoms with Crippen LogP contribution in [0, 0.1) is 0 Å². The normalized spacial score (nSPS) is 12.8. The number of methoxy groups -OCH3 is 1. The van der Waals surface area contributed by atoms with E-state index in [2.05, 4.69) is 15.6 Å². The van der Waals surface area contributed by atoms with E-state index in [4.69, 9.17) is 4.74 Å². The van der Waals surface area contributed by atoms with Crippen molar-refractivity contribution >= 4 is 23.1 Å². The zero-order valence-corrected chi connectivity index (χ0v) is 18.1. The van der Waals surface area contributed by atoms with Crippen molar-refractivity contribution in [3.63, 3.8) is 0 Å². The molecule has 2 N–H and O–H groups in total. The first-order valence-electron chi connectivity index (χ1n) is 10.3. The van der Waals surface area contributed by atoms with E-state index in [0.29, 0.717) is 41.2 Å². The summed E-state index contributed by atoms with van der Waals surface area (Å²) in [5, 5.41) is 5.68. The number of alkyl halides is 3. The quantitative estimate of drug-likeness (QED) is 0.531. The van der Waals surface area contributed by atoms with Gasteiger partial charge in [0.1, 0.15) is 5.84 Å². The number of amides is 1. The van der Waals surface area contributed by atoms with Crippen LogP contribution in [-0.2, 0) is 23.9 Å². The molecule has 8 heteroatoms. The van der Waals surface area contributed by atoms with Gasteiger partial charge in [-0.1, -0.05) is 24.3 Å². The van der Waals surface area contributed by atoms with E-state index >= 15 is 0 Å². The number of aliphatic imine (C=N–C) groups is 1. The van der Waals surface area contributed by atoms with Crippen LogP contribution in [0.15, 0.2) is 65.7 Å². The molecule has 0 saturated carbocycles. The number of amidine groups is 1. The Bertz CT molecular complexity index is 1240. The molecule has 0 atom stereocenters. The topological polar surface area (TPSA) is 62.7 Å². The van der Waals surface area contributed by atoms with Crippen LogP contribution in [0.4, 0.5) is 24.5 Å². The molecule has 3 aromatic rings. The van der Waals surface area contributed by atoms with E-state index < -0.39 is 11.7 Å². The average molecular weight is 453 g/mol. The highest BCUT2D eigenvalue weighted by Crippen LogP contribution is 2.42. The molecule has 4 rings (SSSR count). The summed E-state index contributed by atoms with van der Waals surface area (Å²) in [6, 6.07) is 16.4. The molecule has 0 aliphatic carbocycles. The van der Waals surface area contributed by atoms with Gasteiger partial charge in [-0.05, 0) is 58.7 Å². The molecule has 0 fully saturated rings. The van der Waals surface area contributed by atoms with Gasteiger partial charge in [-0.25, -0.2) is 4.99 Å². The minimum atomic E-state index is -4.53. The number of benzene rings is 3. The number of anilines is 1. The van der Waals surface area contributed by atoms with Crippen molar-refractivity contribution in [3.05, 3.63) is 82.9 Å². The van der Waals surface area contributed by atoms with Crippen molar-refractivity contribution in [2.45, 2.75) is 19.2 Å². The van der Waals surface area contributed by atoms with Crippen molar-refractivity contribution in [2.24, 2.45) is 4.99 Å². The molecule has 0 unspecified atom stereocenters. The van der Waals surface area contributed by atoms with Gasteiger partial charge in [0, 0.05) is 31.8 Å². The van der Waals surface area contributed by atoms with Gasteiger partial charge in [0.25, 0.3) is 5.91 Å². The molecule has 5 nitrogen and oxygen atoms in total. The summed E-state index contributed by atoms with van der Waals surface area (Å²) >= 11 is 0. The van der Waals surface area contributed by atoms with Gasteiger partial charge in [0.05, 0.1) is 17.9 Å². The second-order valence-electron chi connectivity index (χ2n) is 7.68. The van der Waals surface area contributed by atoms with Crippen LogP contribution in [0.2, 0.25) is 0 Å². The van der Waals surface area contributed by atoms with Crippen LogP contribution in [0.25, 0.3) is 11.1 Å². The Morgan fingerprint density at radius 3 is 2.61 bits per heavy atom. The second kappa shape index (κ2) is 9.07. The van der Waals surface area contributed by atoms with Crippen LogP contribution in [-0.4, -0.2) is 25.9 Å². The number of rotatable bonds is 5. The standard InChI is InChI=1S/C25H22F3N3O2/c1-29-24(32)17-7-4-8-19(10-17)30-23-12-18-11-20(16-6-3-5-15(9-16)14-33-2)21(25(26,27)28)13-22(18)31-23/h3-11,13H,12,14H2,1-2H3,(H,29,32)(H,30,31). The molecule has 1 aliphatic heterocycles. The van der Waals surface area contributed by atoms with E-state index in [1.165, 1.54) is 0 Å². The smallest absolute Gasteiger partial charge is 0.380 e. The highest BCUT2D eigenvalue weighted by Gasteiger charge is 2.35. The molecule has 1 amide bonds.